The number of aliphatic hydroxyl groups is 1. The van der Waals surface area contributed by atoms with Gasteiger partial charge in [0.1, 0.15) is 11.3 Å². The van der Waals surface area contributed by atoms with Crippen molar-refractivity contribution < 1.29 is 36.6 Å². The molecule has 0 bridgehead atoms. The van der Waals surface area contributed by atoms with E-state index in [1.54, 1.807) is 35.9 Å². The number of amides is 1. The Bertz CT molecular complexity index is 2090. The molecule has 1 aliphatic heterocycles. The second kappa shape index (κ2) is 13.3. The van der Waals surface area contributed by atoms with E-state index in [4.69, 9.17) is 16.0 Å². The van der Waals surface area contributed by atoms with Crippen LogP contribution in [0.4, 0.5) is 23.2 Å². The van der Waals surface area contributed by atoms with Crippen molar-refractivity contribution in [2.75, 3.05) is 11.9 Å². The Labute approximate surface area is 289 Å². The Kier molecular flexibility index (Phi) is 9.08. The van der Waals surface area contributed by atoms with Gasteiger partial charge in [-0.1, -0.05) is 35.9 Å². The van der Waals surface area contributed by atoms with E-state index >= 15 is 0 Å². The quantitative estimate of drug-likeness (QED) is 0.157. The van der Waals surface area contributed by atoms with E-state index in [2.05, 4.69) is 24.9 Å². The van der Waals surface area contributed by atoms with Gasteiger partial charge >= 0.3 is 6.61 Å². The number of imidazole rings is 1. The topological polar surface area (TPSA) is 106 Å². The predicted molar refractivity (Wildman–Crippen MR) is 180 cm³/mol. The predicted octanol–water partition coefficient (Wildman–Crippen LogP) is 8.14. The standard InChI is InChI=1S/C36H34ClF4N5O4/c1-19-22(5-3-6-23(19)34-44-26-15-20(18-47)29(50-35(38)39)16-30(26)49-34)24-7-4-8-25(31(24)37)43-33(48)32-42-27-17-46(14-11-28(27)45(32)2)21-9-12-36(40,41)13-10-21/h3-8,15-16,21,35,47H,9-14,17-18H2,1-2H3,(H,43,48). The summed E-state index contributed by atoms with van der Waals surface area (Å²) in [6.45, 7) is -0.499. The van der Waals surface area contributed by atoms with Crippen molar-refractivity contribution in [3.63, 3.8) is 0 Å². The van der Waals surface area contributed by atoms with Crippen molar-refractivity contribution in [1.29, 1.82) is 0 Å². The molecule has 9 nitrogen and oxygen atoms in total. The summed E-state index contributed by atoms with van der Waals surface area (Å²) >= 11 is 6.93. The molecule has 14 heteroatoms. The van der Waals surface area contributed by atoms with E-state index in [-0.39, 0.29) is 47.5 Å². The van der Waals surface area contributed by atoms with Crippen molar-refractivity contribution in [2.45, 2.75) is 70.8 Å². The minimum atomic E-state index is -3.07. The molecule has 2 aromatic heterocycles. The lowest BCUT2D eigenvalue weighted by molar-refractivity contribution is -0.0554. The van der Waals surface area contributed by atoms with Gasteiger partial charge in [0.25, 0.3) is 5.91 Å². The van der Waals surface area contributed by atoms with Crippen LogP contribution in [0.15, 0.2) is 52.9 Å². The van der Waals surface area contributed by atoms with Crippen LogP contribution in [0.1, 0.15) is 58.8 Å². The highest BCUT2D eigenvalue weighted by Crippen LogP contribution is 2.40. The molecule has 5 aromatic rings. The van der Waals surface area contributed by atoms with Crippen molar-refractivity contribution >= 4 is 34.3 Å². The summed E-state index contributed by atoms with van der Waals surface area (Å²) in [5.41, 5.74) is 5.61. The number of aromatic nitrogens is 3. The summed E-state index contributed by atoms with van der Waals surface area (Å²) in [4.78, 5) is 25.0. The first-order valence-electron chi connectivity index (χ1n) is 16.3. The zero-order chi connectivity index (χ0) is 35.3. The number of hydrogen-bond acceptors (Lipinski definition) is 7. The summed E-state index contributed by atoms with van der Waals surface area (Å²) in [6, 6.07) is 13.6. The Morgan fingerprint density at radius 3 is 2.58 bits per heavy atom. The number of ether oxygens (including phenoxy) is 1. The number of carbonyl (C=O) groups excluding carboxylic acids is 1. The number of nitrogens with one attached hydrogen (secondary N) is 1. The van der Waals surface area contributed by atoms with Crippen molar-refractivity contribution in [2.24, 2.45) is 7.05 Å². The van der Waals surface area contributed by atoms with E-state index < -0.39 is 25.0 Å². The van der Waals surface area contributed by atoms with Crippen molar-refractivity contribution in [3.05, 3.63) is 81.9 Å². The van der Waals surface area contributed by atoms with Crippen LogP contribution in [0.3, 0.4) is 0 Å². The number of aliphatic hydroxyl groups excluding tert-OH is 1. The van der Waals surface area contributed by atoms with Crippen LogP contribution in [0.2, 0.25) is 5.02 Å². The van der Waals surface area contributed by atoms with Gasteiger partial charge in [-0.05, 0) is 49.1 Å². The van der Waals surface area contributed by atoms with Gasteiger partial charge in [0, 0.05) is 73.9 Å². The second-order valence-corrected chi connectivity index (χ2v) is 13.2. The van der Waals surface area contributed by atoms with E-state index in [0.29, 0.717) is 53.2 Å². The molecule has 1 saturated carbocycles. The highest BCUT2D eigenvalue weighted by molar-refractivity contribution is 6.36. The molecule has 1 aliphatic carbocycles. The average Bonchev–Trinajstić information content (AvgIpc) is 3.65. The van der Waals surface area contributed by atoms with Crippen LogP contribution in [0.25, 0.3) is 33.7 Å². The van der Waals surface area contributed by atoms with Gasteiger partial charge in [-0.25, -0.2) is 18.7 Å². The van der Waals surface area contributed by atoms with Crippen LogP contribution in [-0.2, 0) is 26.6 Å². The largest absolute Gasteiger partial charge is 0.436 e. The maximum atomic E-state index is 13.7. The van der Waals surface area contributed by atoms with Gasteiger partial charge < -0.3 is 24.1 Å². The molecule has 50 heavy (non-hydrogen) atoms. The van der Waals surface area contributed by atoms with E-state index in [1.807, 2.05) is 19.1 Å². The molecule has 3 aromatic carbocycles. The third-order valence-electron chi connectivity index (χ3n) is 9.75. The van der Waals surface area contributed by atoms with Gasteiger partial charge in [0.2, 0.25) is 11.8 Å². The Morgan fingerprint density at radius 1 is 1.12 bits per heavy atom. The molecule has 0 atom stereocenters. The number of carbonyl (C=O) groups is 1. The molecule has 2 aliphatic rings. The number of rotatable bonds is 8. The number of hydrogen-bond donors (Lipinski definition) is 2. The molecule has 1 fully saturated rings. The van der Waals surface area contributed by atoms with Gasteiger partial charge in [-0.2, -0.15) is 8.78 Å². The van der Waals surface area contributed by atoms with Crippen molar-refractivity contribution in [1.82, 2.24) is 19.4 Å². The smallest absolute Gasteiger partial charge is 0.387 e. The molecule has 262 valence electrons. The number of fused-ring (bicyclic) bond motifs is 2. The summed E-state index contributed by atoms with van der Waals surface area (Å²) in [5.74, 6) is -2.76. The molecule has 1 amide bonds. The van der Waals surface area contributed by atoms with Crippen LogP contribution in [0, 0.1) is 6.92 Å². The Balaban J connectivity index is 1.12. The monoisotopic (exact) mass is 711 g/mol. The fraction of sp³-hybridized carbons (Fsp3) is 0.361. The van der Waals surface area contributed by atoms with E-state index in [9.17, 15) is 27.5 Å². The molecular formula is C36H34ClF4N5O4. The highest BCUT2D eigenvalue weighted by atomic mass is 35.5. The summed E-state index contributed by atoms with van der Waals surface area (Å²) in [7, 11) is 1.80. The molecule has 3 heterocycles. The highest BCUT2D eigenvalue weighted by Gasteiger charge is 2.38. The Morgan fingerprint density at radius 2 is 1.84 bits per heavy atom. The first-order valence-corrected chi connectivity index (χ1v) is 16.7. The molecule has 0 unspecified atom stereocenters. The van der Waals surface area contributed by atoms with Crippen LogP contribution < -0.4 is 10.1 Å². The molecule has 0 radical (unpaired) electrons. The zero-order valence-corrected chi connectivity index (χ0v) is 28.0. The van der Waals surface area contributed by atoms with Gasteiger partial charge in [-0.15, -0.1) is 0 Å². The number of nitrogens with zero attached hydrogens (tertiary/aromatic N) is 4. The van der Waals surface area contributed by atoms with Crippen LogP contribution in [-0.4, -0.2) is 55.6 Å². The van der Waals surface area contributed by atoms with Gasteiger partial charge in [-0.3, -0.25) is 9.69 Å². The maximum Gasteiger partial charge on any atom is 0.387 e. The van der Waals surface area contributed by atoms with Gasteiger partial charge in [0.05, 0.1) is 23.0 Å². The van der Waals surface area contributed by atoms with Crippen LogP contribution >= 0.6 is 11.6 Å². The molecule has 0 spiro atoms. The second-order valence-electron chi connectivity index (χ2n) is 12.8. The number of benzene rings is 3. The first kappa shape index (κ1) is 34.0. The third kappa shape index (κ3) is 6.45. The fourth-order valence-corrected chi connectivity index (χ4v) is 7.34. The lowest BCUT2D eigenvalue weighted by atomic mass is 9.90. The number of oxazole rings is 1. The maximum absolute atomic E-state index is 13.7. The number of alkyl halides is 4. The summed E-state index contributed by atoms with van der Waals surface area (Å²) in [6.07, 6.45) is 1.34. The lowest BCUT2D eigenvalue weighted by Crippen LogP contribution is -2.43. The first-order chi connectivity index (χ1) is 23.9. The minimum Gasteiger partial charge on any atom is -0.436 e. The normalized spacial score (nSPS) is 16.6. The molecule has 2 N–H and O–H groups in total. The number of halogens is 5. The average molecular weight is 712 g/mol. The van der Waals surface area contributed by atoms with E-state index in [0.717, 1.165) is 29.1 Å². The molecular weight excluding hydrogens is 678 g/mol. The minimum absolute atomic E-state index is 0.0766. The summed E-state index contributed by atoms with van der Waals surface area (Å²) < 4.78 is 65.6. The zero-order valence-electron chi connectivity index (χ0n) is 27.3. The molecule has 0 saturated heterocycles. The van der Waals surface area contributed by atoms with Crippen molar-refractivity contribution in [3.8, 4) is 28.3 Å². The lowest BCUT2D eigenvalue weighted by Gasteiger charge is -2.38. The van der Waals surface area contributed by atoms with E-state index in [1.165, 1.54) is 12.1 Å². The SMILES string of the molecule is Cc1c(-c2nc3cc(CO)c(OC(F)F)cc3o2)cccc1-c1cccc(NC(=O)c2nc3c(n2C)CCN(C2CCC(F)(F)CC2)C3)c1Cl. The molecule has 7 rings (SSSR count). The third-order valence-corrected chi connectivity index (χ3v) is 10.2. The van der Waals surface area contributed by atoms with Gasteiger partial charge in [0.15, 0.2) is 11.4 Å². The summed E-state index contributed by atoms with van der Waals surface area (Å²) in [5, 5.41) is 12.9. The van der Waals surface area contributed by atoms with Crippen LogP contribution in [0.5, 0.6) is 5.75 Å². The number of anilines is 1. The fourth-order valence-electron chi connectivity index (χ4n) is 7.07. The Hall–Kier alpha value is -4.46.